The highest BCUT2D eigenvalue weighted by Crippen LogP contribution is 2.12. The largest absolute Gasteiger partial charge is 0.350 e. The van der Waals surface area contributed by atoms with Crippen molar-refractivity contribution >= 4 is 11.9 Å². The Morgan fingerprint density at radius 3 is 3.00 bits per heavy atom. The molecular formula is C13H24N4O4. The molecule has 2 fully saturated rings. The quantitative estimate of drug-likeness (QED) is 0.613. The minimum Gasteiger partial charge on any atom is -0.350 e. The molecule has 0 bridgehead atoms. The first kappa shape index (κ1) is 16.0. The summed E-state index contributed by atoms with van der Waals surface area (Å²) in [6, 6.07) is -0.613. The van der Waals surface area contributed by atoms with Crippen LogP contribution in [0, 0.1) is 0 Å². The zero-order chi connectivity index (χ0) is 15.1. The van der Waals surface area contributed by atoms with Crippen molar-refractivity contribution < 1.29 is 19.2 Å². The fourth-order valence-corrected chi connectivity index (χ4v) is 2.37. The van der Waals surface area contributed by atoms with Gasteiger partial charge in [0.05, 0.1) is 0 Å². The van der Waals surface area contributed by atoms with Gasteiger partial charge in [0, 0.05) is 39.2 Å². The Kier molecular flexibility index (Phi) is 6.21. The SMILES string of the molecule is CCNC(=O)N1CCN[C@@H](C(=O)NOC2CCCCO2)C1. The second-order valence-corrected chi connectivity index (χ2v) is 5.17. The number of hydroxylamine groups is 1. The Hall–Kier alpha value is -1.38. The second-order valence-electron chi connectivity index (χ2n) is 5.17. The molecule has 1 unspecified atom stereocenters. The lowest BCUT2D eigenvalue weighted by molar-refractivity contribution is -0.201. The molecule has 0 aromatic heterocycles. The number of nitrogens with zero attached hydrogens (tertiary/aromatic N) is 1. The Balaban J connectivity index is 1.74. The van der Waals surface area contributed by atoms with Crippen LogP contribution in [0.2, 0.25) is 0 Å². The normalized spacial score (nSPS) is 26.2. The van der Waals surface area contributed by atoms with Gasteiger partial charge in [-0.3, -0.25) is 4.79 Å². The van der Waals surface area contributed by atoms with Crippen molar-refractivity contribution in [2.75, 3.05) is 32.8 Å². The van der Waals surface area contributed by atoms with E-state index in [9.17, 15) is 9.59 Å². The lowest BCUT2D eigenvalue weighted by Gasteiger charge is -2.33. The highest BCUT2D eigenvalue weighted by atomic mass is 16.8. The summed E-state index contributed by atoms with van der Waals surface area (Å²) in [5.74, 6) is -0.279. The van der Waals surface area contributed by atoms with Gasteiger partial charge in [-0.25, -0.2) is 15.1 Å². The van der Waals surface area contributed by atoms with E-state index in [1.54, 1.807) is 4.90 Å². The summed E-state index contributed by atoms with van der Waals surface area (Å²) in [6.45, 7) is 4.58. The third-order valence-electron chi connectivity index (χ3n) is 3.54. The lowest BCUT2D eigenvalue weighted by Crippen LogP contribution is -2.60. The summed E-state index contributed by atoms with van der Waals surface area (Å²) in [5.41, 5.74) is 2.43. The van der Waals surface area contributed by atoms with Crippen molar-refractivity contribution in [3.63, 3.8) is 0 Å². The molecule has 0 aliphatic carbocycles. The first-order valence-electron chi connectivity index (χ1n) is 7.54. The molecule has 2 aliphatic rings. The van der Waals surface area contributed by atoms with Gasteiger partial charge in [0.15, 0.2) is 6.29 Å². The average Bonchev–Trinajstić information content (AvgIpc) is 2.54. The van der Waals surface area contributed by atoms with Crippen LogP contribution >= 0.6 is 0 Å². The van der Waals surface area contributed by atoms with Gasteiger partial charge in [-0.15, -0.1) is 0 Å². The van der Waals surface area contributed by atoms with E-state index in [1.165, 1.54) is 0 Å². The molecule has 3 N–H and O–H groups in total. The number of carbonyl (C=O) groups is 2. The van der Waals surface area contributed by atoms with E-state index in [1.807, 2.05) is 6.92 Å². The van der Waals surface area contributed by atoms with E-state index >= 15 is 0 Å². The summed E-state index contributed by atoms with van der Waals surface area (Å²) in [5, 5.41) is 5.81. The zero-order valence-corrected chi connectivity index (χ0v) is 12.4. The smallest absolute Gasteiger partial charge is 0.317 e. The van der Waals surface area contributed by atoms with E-state index in [0.717, 1.165) is 19.3 Å². The van der Waals surface area contributed by atoms with Crippen LogP contribution in [0.15, 0.2) is 0 Å². The monoisotopic (exact) mass is 300 g/mol. The molecule has 3 amide bonds. The van der Waals surface area contributed by atoms with Gasteiger partial charge in [0.1, 0.15) is 6.04 Å². The Morgan fingerprint density at radius 1 is 1.43 bits per heavy atom. The molecule has 2 atom stereocenters. The number of ether oxygens (including phenoxy) is 1. The van der Waals surface area contributed by atoms with Gasteiger partial charge in [0.25, 0.3) is 5.91 Å². The topological polar surface area (TPSA) is 91.9 Å². The molecule has 8 heteroatoms. The van der Waals surface area contributed by atoms with Crippen LogP contribution in [0.5, 0.6) is 0 Å². The van der Waals surface area contributed by atoms with Crippen LogP contribution in [-0.4, -0.2) is 62.0 Å². The molecule has 2 saturated heterocycles. The van der Waals surface area contributed by atoms with E-state index in [2.05, 4.69) is 16.1 Å². The van der Waals surface area contributed by atoms with Crippen molar-refractivity contribution in [3.8, 4) is 0 Å². The maximum Gasteiger partial charge on any atom is 0.317 e. The Morgan fingerprint density at radius 2 is 2.29 bits per heavy atom. The van der Waals surface area contributed by atoms with Gasteiger partial charge in [-0.05, 0) is 19.8 Å². The highest BCUT2D eigenvalue weighted by molar-refractivity contribution is 5.82. The van der Waals surface area contributed by atoms with Gasteiger partial charge >= 0.3 is 6.03 Å². The molecule has 0 radical (unpaired) electrons. The third kappa shape index (κ3) is 4.83. The first-order valence-corrected chi connectivity index (χ1v) is 7.54. The minimum atomic E-state index is -0.468. The van der Waals surface area contributed by atoms with Crippen molar-refractivity contribution in [1.82, 2.24) is 21.0 Å². The molecule has 21 heavy (non-hydrogen) atoms. The van der Waals surface area contributed by atoms with Crippen LogP contribution in [0.3, 0.4) is 0 Å². The number of hydrogen-bond donors (Lipinski definition) is 3. The molecule has 2 aliphatic heterocycles. The van der Waals surface area contributed by atoms with E-state index in [0.29, 0.717) is 32.8 Å². The molecule has 0 saturated carbocycles. The van der Waals surface area contributed by atoms with Crippen LogP contribution in [0.25, 0.3) is 0 Å². The van der Waals surface area contributed by atoms with Crippen molar-refractivity contribution in [2.24, 2.45) is 0 Å². The molecule has 0 aromatic carbocycles. The number of urea groups is 1. The number of hydrogen-bond acceptors (Lipinski definition) is 5. The lowest BCUT2D eigenvalue weighted by atomic mass is 10.2. The number of nitrogens with one attached hydrogen (secondary N) is 3. The summed E-state index contributed by atoms with van der Waals surface area (Å²) in [4.78, 5) is 30.7. The molecule has 8 nitrogen and oxygen atoms in total. The Labute approximate surface area is 124 Å². The number of amides is 3. The van der Waals surface area contributed by atoms with Crippen molar-refractivity contribution in [3.05, 3.63) is 0 Å². The molecular weight excluding hydrogens is 276 g/mol. The van der Waals surface area contributed by atoms with Crippen molar-refractivity contribution in [2.45, 2.75) is 38.5 Å². The number of rotatable bonds is 4. The fourth-order valence-electron chi connectivity index (χ4n) is 2.37. The zero-order valence-electron chi connectivity index (χ0n) is 12.4. The molecule has 2 rings (SSSR count). The summed E-state index contributed by atoms with van der Waals surface area (Å²) < 4.78 is 5.38. The maximum atomic E-state index is 12.1. The second kappa shape index (κ2) is 8.16. The summed E-state index contributed by atoms with van der Waals surface area (Å²) in [6.07, 6.45) is 2.47. The third-order valence-corrected chi connectivity index (χ3v) is 3.54. The first-order chi connectivity index (χ1) is 10.2. The Bertz CT molecular complexity index is 360. The average molecular weight is 300 g/mol. The predicted molar refractivity (Wildman–Crippen MR) is 75.3 cm³/mol. The van der Waals surface area contributed by atoms with Crippen LogP contribution < -0.4 is 16.1 Å². The standard InChI is InChI=1S/C13H24N4O4/c1-2-14-13(19)17-7-6-15-10(9-17)12(18)16-21-11-5-3-4-8-20-11/h10-11,15H,2-9H2,1H3,(H,14,19)(H,16,18)/t10-,11?/m1/s1. The van der Waals surface area contributed by atoms with Crippen molar-refractivity contribution in [1.29, 1.82) is 0 Å². The van der Waals surface area contributed by atoms with E-state index in [4.69, 9.17) is 9.57 Å². The summed E-state index contributed by atoms with van der Waals surface area (Å²) in [7, 11) is 0. The van der Waals surface area contributed by atoms with Gasteiger partial charge in [-0.2, -0.15) is 0 Å². The fraction of sp³-hybridized carbons (Fsp3) is 0.846. The maximum absolute atomic E-state index is 12.1. The van der Waals surface area contributed by atoms with Crippen LogP contribution in [0.1, 0.15) is 26.2 Å². The number of carbonyl (C=O) groups excluding carboxylic acids is 2. The van der Waals surface area contributed by atoms with E-state index in [-0.39, 0.29) is 18.2 Å². The van der Waals surface area contributed by atoms with Crippen LogP contribution in [0.4, 0.5) is 4.79 Å². The van der Waals surface area contributed by atoms with E-state index < -0.39 is 6.04 Å². The number of piperazine rings is 1. The predicted octanol–water partition coefficient (Wildman–Crippen LogP) is -0.436. The summed E-state index contributed by atoms with van der Waals surface area (Å²) >= 11 is 0. The molecule has 120 valence electrons. The minimum absolute atomic E-state index is 0.145. The van der Waals surface area contributed by atoms with Gasteiger partial charge in [-0.1, -0.05) is 0 Å². The van der Waals surface area contributed by atoms with Crippen LogP contribution in [-0.2, 0) is 14.4 Å². The molecule has 0 aromatic rings. The highest BCUT2D eigenvalue weighted by Gasteiger charge is 2.28. The molecule has 0 spiro atoms. The van der Waals surface area contributed by atoms with Gasteiger partial charge in [0.2, 0.25) is 0 Å². The molecule has 2 heterocycles. The van der Waals surface area contributed by atoms with Gasteiger partial charge < -0.3 is 20.3 Å².